The summed E-state index contributed by atoms with van der Waals surface area (Å²) in [6, 6.07) is 12.9. The van der Waals surface area contributed by atoms with Gasteiger partial charge in [0, 0.05) is 12.1 Å². The van der Waals surface area contributed by atoms with Gasteiger partial charge < -0.3 is 5.32 Å². The van der Waals surface area contributed by atoms with Crippen LogP contribution in [0.4, 0.5) is 5.69 Å². The monoisotopic (exact) mass is 444 g/mol. The number of unbranched alkanes of at least 4 members (excludes halogenated alkanes) is 1. The standard InChI is InChI=1S/C25H36N2O3S/c1-6-8-12-21(7-2)17-26-25(28)23-15-13-22(14-16-23)18-27(31(5,29)30)24-19(3)10-9-11-20(24)4/h9-11,13-16,21H,6-8,12,17-18H2,1-5H3,(H,26,28)/t21-/m1/s1. The van der Waals surface area contributed by atoms with E-state index in [-0.39, 0.29) is 12.5 Å². The molecule has 2 rings (SSSR count). The molecule has 6 heteroatoms. The first-order valence-electron chi connectivity index (χ1n) is 11.1. The van der Waals surface area contributed by atoms with Crippen molar-refractivity contribution >= 4 is 21.6 Å². The van der Waals surface area contributed by atoms with Gasteiger partial charge in [0.1, 0.15) is 0 Å². The molecule has 2 aromatic carbocycles. The molecule has 0 aromatic heterocycles. The number of nitrogens with one attached hydrogen (secondary N) is 1. The summed E-state index contributed by atoms with van der Waals surface area (Å²) in [6.07, 6.45) is 5.76. The summed E-state index contributed by atoms with van der Waals surface area (Å²) in [7, 11) is -3.46. The van der Waals surface area contributed by atoms with Crippen LogP contribution in [0.3, 0.4) is 0 Å². The van der Waals surface area contributed by atoms with Crippen LogP contribution in [0.2, 0.25) is 0 Å². The molecule has 1 amide bonds. The third kappa shape index (κ3) is 7.10. The maximum absolute atomic E-state index is 12.5. The largest absolute Gasteiger partial charge is 0.352 e. The number of amides is 1. The lowest BCUT2D eigenvalue weighted by Gasteiger charge is -2.26. The lowest BCUT2D eigenvalue weighted by Crippen LogP contribution is -2.31. The molecule has 0 heterocycles. The van der Waals surface area contributed by atoms with E-state index in [0.29, 0.717) is 23.7 Å². The van der Waals surface area contributed by atoms with Gasteiger partial charge in [-0.1, -0.05) is 63.4 Å². The molecule has 31 heavy (non-hydrogen) atoms. The molecule has 0 bridgehead atoms. The van der Waals surface area contributed by atoms with Crippen molar-refractivity contribution in [2.75, 3.05) is 17.1 Å². The second kappa shape index (κ2) is 11.3. The molecule has 0 radical (unpaired) electrons. The lowest BCUT2D eigenvalue weighted by molar-refractivity contribution is 0.0946. The number of anilines is 1. The van der Waals surface area contributed by atoms with Crippen LogP contribution in [0.25, 0.3) is 0 Å². The van der Waals surface area contributed by atoms with E-state index in [1.54, 1.807) is 12.1 Å². The summed E-state index contributed by atoms with van der Waals surface area (Å²) < 4.78 is 26.5. The van der Waals surface area contributed by atoms with E-state index in [4.69, 9.17) is 0 Å². The number of para-hydroxylation sites is 1. The summed E-state index contributed by atoms with van der Waals surface area (Å²) in [5.74, 6) is 0.417. The minimum absolute atomic E-state index is 0.0868. The zero-order chi connectivity index (χ0) is 23.0. The van der Waals surface area contributed by atoms with Gasteiger partial charge in [0.05, 0.1) is 18.5 Å². The van der Waals surface area contributed by atoms with Gasteiger partial charge in [0.2, 0.25) is 10.0 Å². The Balaban J connectivity index is 2.12. The van der Waals surface area contributed by atoms with E-state index in [9.17, 15) is 13.2 Å². The number of hydrogen-bond donors (Lipinski definition) is 1. The summed E-state index contributed by atoms with van der Waals surface area (Å²) in [5.41, 5.74) is 3.96. The first-order chi connectivity index (χ1) is 14.7. The smallest absolute Gasteiger partial charge is 0.251 e. The van der Waals surface area contributed by atoms with Crippen LogP contribution in [0, 0.1) is 19.8 Å². The summed E-state index contributed by atoms with van der Waals surface area (Å²) in [5, 5.41) is 3.04. The van der Waals surface area contributed by atoms with Gasteiger partial charge in [-0.05, 0) is 55.0 Å². The molecule has 0 aliphatic rings. The normalized spacial score (nSPS) is 12.4. The van der Waals surface area contributed by atoms with Crippen molar-refractivity contribution in [2.45, 2.75) is 59.9 Å². The van der Waals surface area contributed by atoms with E-state index in [0.717, 1.165) is 29.5 Å². The quantitative estimate of drug-likeness (QED) is 0.517. The van der Waals surface area contributed by atoms with Crippen LogP contribution in [0.5, 0.6) is 0 Å². The molecule has 1 N–H and O–H groups in total. The number of nitrogens with zero attached hydrogens (tertiary/aromatic N) is 1. The Bertz CT molecular complexity index is 949. The molecule has 1 atom stereocenters. The SMILES string of the molecule is CCCC[C@@H](CC)CNC(=O)c1ccc(CN(c2c(C)cccc2C)S(C)(=O)=O)cc1. The summed E-state index contributed by atoms with van der Waals surface area (Å²) >= 11 is 0. The van der Waals surface area contributed by atoms with Crippen LogP contribution in [-0.4, -0.2) is 27.1 Å². The molecule has 2 aromatic rings. The number of hydrogen-bond acceptors (Lipinski definition) is 3. The predicted molar refractivity (Wildman–Crippen MR) is 129 cm³/mol. The van der Waals surface area contributed by atoms with Crippen LogP contribution < -0.4 is 9.62 Å². The number of aryl methyl sites for hydroxylation is 2. The van der Waals surface area contributed by atoms with Crippen molar-refractivity contribution in [3.8, 4) is 0 Å². The Labute approximate surface area is 187 Å². The van der Waals surface area contributed by atoms with Gasteiger partial charge >= 0.3 is 0 Å². The molecule has 0 spiro atoms. The van der Waals surface area contributed by atoms with Gasteiger partial charge in [0.25, 0.3) is 5.91 Å². The van der Waals surface area contributed by atoms with Crippen LogP contribution in [0.1, 0.15) is 66.6 Å². The van der Waals surface area contributed by atoms with Gasteiger partial charge in [-0.25, -0.2) is 8.42 Å². The zero-order valence-corrected chi connectivity index (χ0v) is 20.3. The minimum Gasteiger partial charge on any atom is -0.352 e. The number of carbonyl (C=O) groups excluding carboxylic acids is 1. The van der Waals surface area contributed by atoms with Gasteiger partial charge in [0.15, 0.2) is 0 Å². The van der Waals surface area contributed by atoms with Crippen LogP contribution in [0.15, 0.2) is 42.5 Å². The highest BCUT2D eigenvalue weighted by Gasteiger charge is 2.21. The molecule has 0 fully saturated rings. The fourth-order valence-electron chi connectivity index (χ4n) is 3.77. The Morgan fingerprint density at radius 1 is 1.03 bits per heavy atom. The molecule has 0 aliphatic heterocycles. The maximum Gasteiger partial charge on any atom is 0.251 e. The zero-order valence-electron chi connectivity index (χ0n) is 19.4. The number of benzene rings is 2. The minimum atomic E-state index is -3.46. The highest BCUT2D eigenvalue weighted by molar-refractivity contribution is 7.92. The molecule has 5 nitrogen and oxygen atoms in total. The second-order valence-corrected chi connectivity index (χ2v) is 10.2. The fraction of sp³-hybridized carbons (Fsp3) is 0.480. The maximum atomic E-state index is 12.5. The summed E-state index contributed by atoms with van der Waals surface area (Å²) in [4.78, 5) is 12.5. The number of rotatable bonds is 11. The second-order valence-electron chi connectivity index (χ2n) is 8.33. The third-order valence-electron chi connectivity index (χ3n) is 5.73. The van der Waals surface area contributed by atoms with E-state index in [2.05, 4.69) is 19.2 Å². The molecule has 170 valence electrons. The molecule has 0 saturated heterocycles. The predicted octanol–water partition coefficient (Wildman–Crippen LogP) is 5.22. The van der Waals surface area contributed by atoms with Crippen molar-refractivity contribution in [2.24, 2.45) is 5.92 Å². The lowest BCUT2D eigenvalue weighted by atomic mass is 9.99. The topological polar surface area (TPSA) is 66.5 Å². The number of sulfonamides is 1. The van der Waals surface area contributed by atoms with E-state index in [1.807, 2.05) is 44.2 Å². The van der Waals surface area contributed by atoms with E-state index in [1.165, 1.54) is 23.4 Å². The molecular formula is C25H36N2O3S. The highest BCUT2D eigenvalue weighted by atomic mass is 32.2. The van der Waals surface area contributed by atoms with Gasteiger partial charge in [-0.15, -0.1) is 0 Å². The third-order valence-corrected chi connectivity index (χ3v) is 6.84. The Morgan fingerprint density at radius 2 is 1.65 bits per heavy atom. The molecular weight excluding hydrogens is 408 g/mol. The Kier molecular flexibility index (Phi) is 9.11. The molecule has 0 unspecified atom stereocenters. The average Bonchev–Trinajstić information content (AvgIpc) is 2.72. The van der Waals surface area contributed by atoms with Crippen molar-refractivity contribution in [1.82, 2.24) is 5.32 Å². The first kappa shape index (κ1) is 24.9. The molecule has 0 saturated carbocycles. The first-order valence-corrected chi connectivity index (χ1v) is 12.9. The van der Waals surface area contributed by atoms with Gasteiger partial charge in [-0.2, -0.15) is 0 Å². The molecule has 0 aliphatic carbocycles. The van der Waals surface area contributed by atoms with Crippen LogP contribution >= 0.6 is 0 Å². The summed E-state index contributed by atoms with van der Waals surface area (Å²) in [6.45, 7) is 9.08. The van der Waals surface area contributed by atoms with E-state index >= 15 is 0 Å². The average molecular weight is 445 g/mol. The van der Waals surface area contributed by atoms with Gasteiger partial charge in [-0.3, -0.25) is 9.10 Å². The number of carbonyl (C=O) groups is 1. The fourth-order valence-corrected chi connectivity index (χ4v) is 4.77. The van der Waals surface area contributed by atoms with E-state index < -0.39 is 10.0 Å². The van der Waals surface area contributed by atoms with Crippen LogP contribution in [-0.2, 0) is 16.6 Å². The van der Waals surface area contributed by atoms with Crippen molar-refractivity contribution in [1.29, 1.82) is 0 Å². The van der Waals surface area contributed by atoms with Crippen molar-refractivity contribution < 1.29 is 13.2 Å². The van der Waals surface area contributed by atoms with Crippen molar-refractivity contribution in [3.63, 3.8) is 0 Å². The Hall–Kier alpha value is -2.34. The highest BCUT2D eigenvalue weighted by Crippen LogP contribution is 2.28. The van der Waals surface area contributed by atoms with Crippen molar-refractivity contribution in [3.05, 3.63) is 64.7 Å². The Morgan fingerprint density at radius 3 is 2.16 bits per heavy atom.